The van der Waals surface area contributed by atoms with Crippen LogP contribution in [0.25, 0.3) is 0 Å². The molecule has 4 heteroatoms. The molecule has 2 rings (SSSR count). The summed E-state index contributed by atoms with van der Waals surface area (Å²) in [6.07, 6.45) is 0. The van der Waals surface area contributed by atoms with E-state index in [1.165, 1.54) is 23.3 Å². The molecule has 0 saturated heterocycles. The number of hydrogen-bond acceptors (Lipinski definition) is 1. The zero-order chi connectivity index (χ0) is 14.0. The summed E-state index contributed by atoms with van der Waals surface area (Å²) in [4.78, 5) is 0. The average molecular weight is 387 g/mol. The summed E-state index contributed by atoms with van der Waals surface area (Å²) >= 11 is 6.84. The molecule has 2 aromatic carbocycles. The van der Waals surface area contributed by atoms with Crippen molar-refractivity contribution in [3.63, 3.8) is 0 Å². The second kappa shape index (κ2) is 6.06. The van der Waals surface area contributed by atoms with Gasteiger partial charge in [0.15, 0.2) is 0 Å². The fourth-order valence-electron chi connectivity index (χ4n) is 1.97. The summed E-state index contributed by atoms with van der Waals surface area (Å²) in [5.41, 5.74) is 4.31. The Kier molecular flexibility index (Phi) is 4.63. The van der Waals surface area contributed by atoms with E-state index in [0.717, 1.165) is 20.2 Å². The van der Waals surface area contributed by atoms with Gasteiger partial charge in [0.1, 0.15) is 5.82 Å². The van der Waals surface area contributed by atoms with Crippen LogP contribution in [-0.2, 0) is 6.54 Å². The number of aryl methyl sites for hydroxylation is 2. The minimum absolute atomic E-state index is 0.227. The van der Waals surface area contributed by atoms with E-state index in [0.29, 0.717) is 6.54 Å². The molecule has 1 N–H and O–H groups in total. The third-order valence-electron chi connectivity index (χ3n) is 2.86. The lowest BCUT2D eigenvalue weighted by molar-refractivity contribution is 0.625. The van der Waals surface area contributed by atoms with Crippen LogP contribution >= 0.6 is 31.9 Å². The molecule has 0 bridgehead atoms. The lowest BCUT2D eigenvalue weighted by Crippen LogP contribution is -2.01. The molecular weight excluding hydrogens is 373 g/mol. The standard InChI is InChI=1S/C15H14Br2FN/c1-9-3-14(4-10(2)15(9)17)19-8-11-5-12(16)7-13(18)6-11/h3-7,19H,8H2,1-2H3. The largest absolute Gasteiger partial charge is 0.381 e. The summed E-state index contributed by atoms with van der Waals surface area (Å²) in [6, 6.07) is 9.05. The Balaban J connectivity index is 2.14. The van der Waals surface area contributed by atoms with Crippen molar-refractivity contribution < 1.29 is 4.39 Å². The predicted molar refractivity (Wildman–Crippen MR) is 85.0 cm³/mol. The van der Waals surface area contributed by atoms with Crippen molar-refractivity contribution >= 4 is 37.5 Å². The average Bonchev–Trinajstić information content (AvgIpc) is 2.32. The van der Waals surface area contributed by atoms with Crippen LogP contribution in [0.4, 0.5) is 10.1 Å². The Morgan fingerprint density at radius 3 is 2.21 bits per heavy atom. The molecule has 0 radical (unpaired) electrons. The highest BCUT2D eigenvalue weighted by molar-refractivity contribution is 9.10. The molecule has 1 nitrogen and oxygen atoms in total. The maximum absolute atomic E-state index is 13.3. The molecule has 0 spiro atoms. The van der Waals surface area contributed by atoms with Gasteiger partial charge in [-0.05, 0) is 60.9 Å². The Morgan fingerprint density at radius 2 is 1.63 bits per heavy atom. The first kappa shape index (κ1) is 14.5. The molecule has 0 aliphatic heterocycles. The van der Waals surface area contributed by atoms with Gasteiger partial charge in [-0.2, -0.15) is 0 Å². The fraction of sp³-hybridized carbons (Fsp3) is 0.200. The molecule has 0 unspecified atom stereocenters. The molecule has 0 amide bonds. The van der Waals surface area contributed by atoms with Crippen LogP contribution in [0.15, 0.2) is 39.3 Å². The number of anilines is 1. The van der Waals surface area contributed by atoms with E-state index in [4.69, 9.17) is 0 Å². The van der Waals surface area contributed by atoms with Crippen LogP contribution in [0.1, 0.15) is 16.7 Å². The summed E-state index contributed by atoms with van der Waals surface area (Å²) in [5.74, 6) is -0.227. The van der Waals surface area contributed by atoms with E-state index in [1.807, 2.05) is 6.07 Å². The van der Waals surface area contributed by atoms with Gasteiger partial charge in [-0.15, -0.1) is 0 Å². The maximum atomic E-state index is 13.3. The van der Waals surface area contributed by atoms with Crippen molar-refractivity contribution in [2.45, 2.75) is 20.4 Å². The van der Waals surface area contributed by atoms with Crippen LogP contribution in [0.5, 0.6) is 0 Å². The minimum atomic E-state index is -0.227. The van der Waals surface area contributed by atoms with Crippen molar-refractivity contribution in [1.82, 2.24) is 0 Å². The first-order valence-corrected chi connectivity index (χ1v) is 7.50. The van der Waals surface area contributed by atoms with E-state index in [-0.39, 0.29) is 5.82 Å². The van der Waals surface area contributed by atoms with Crippen LogP contribution in [0.2, 0.25) is 0 Å². The molecule has 19 heavy (non-hydrogen) atoms. The Hall–Kier alpha value is -0.870. The monoisotopic (exact) mass is 385 g/mol. The van der Waals surface area contributed by atoms with Crippen molar-refractivity contribution in [2.24, 2.45) is 0 Å². The van der Waals surface area contributed by atoms with Gasteiger partial charge >= 0.3 is 0 Å². The quantitative estimate of drug-likeness (QED) is 0.725. The van der Waals surface area contributed by atoms with E-state index in [9.17, 15) is 4.39 Å². The van der Waals surface area contributed by atoms with E-state index < -0.39 is 0 Å². The first-order chi connectivity index (χ1) is 8.95. The Bertz CT molecular complexity index is 568. The zero-order valence-corrected chi connectivity index (χ0v) is 13.9. The highest BCUT2D eigenvalue weighted by Gasteiger charge is 2.03. The van der Waals surface area contributed by atoms with Gasteiger partial charge in [0.05, 0.1) is 0 Å². The smallest absolute Gasteiger partial charge is 0.124 e. The van der Waals surface area contributed by atoms with Crippen molar-refractivity contribution in [3.8, 4) is 0 Å². The lowest BCUT2D eigenvalue weighted by atomic mass is 10.1. The van der Waals surface area contributed by atoms with Crippen LogP contribution in [0.3, 0.4) is 0 Å². The van der Waals surface area contributed by atoms with Gasteiger partial charge < -0.3 is 5.32 Å². The van der Waals surface area contributed by atoms with Gasteiger partial charge in [0.2, 0.25) is 0 Å². The maximum Gasteiger partial charge on any atom is 0.124 e. The third-order valence-corrected chi connectivity index (χ3v) is 4.56. The number of nitrogens with one attached hydrogen (secondary N) is 1. The van der Waals surface area contributed by atoms with Crippen molar-refractivity contribution in [2.75, 3.05) is 5.32 Å². The predicted octanol–water partition coefficient (Wildman–Crippen LogP) is 5.58. The zero-order valence-electron chi connectivity index (χ0n) is 10.7. The van der Waals surface area contributed by atoms with Gasteiger partial charge in [-0.25, -0.2) is 4.39 Å². The number of halogens is 3. The minimum Gasteiger partial charge on any atom is -0.381 e. The summed E-state index contributed by atoms with van der Waals surface area (Å²) in [6.45, 7) is 4.71. The molecule has 0 aliphatic carbocycles. The molecule has 0 atom stereocenters. The molecule has 0 aliphatic rings. The normalized spacial score (nSPS) is 10.6. The first-order valence-electron chi connectivity index (χ1n) is 5.91. The number of benzene rings is 2. The second-order valence-electron chi connectivity index (χ2n) is 4.56. The topological polar surface area (TPSA) is 12.0 Å². The Morgan fingerprint density at radius 1 is 1.00 bits per heavy atom. The number of hydrogen-bond donors (Lipinski definition) is 1. The van der Waals surface area contributed by atoms with Crippen LogP contribution in [0, 0.1) is 19.7 Å². The summed E-state index contributed by atoms with van der Waals surface area (Å²) in [7, 11) is 0. The second-order valence-corrected chi connectivity index (χ2v) is 6.26. The molecule has 0 saturated carbocycles. The van der Waals surface area contributed by atoms with Gasteiger partial charge in [0.25, 0.3) is 0 Å². The highest BCUT2D eigenvalue weighted by atomic mass is 79.9. The summed E-state index contributed by atoms with van der Waals surface area (Å²) < 4.78 is 15.2. The number of rotatable bonds is 3. The molecule has 2 aromatic rings. The van der Waals surface area contributed by atoms with E-state index in [2.05, 4.69) is 63.2 Å². The summed E-state index contributed by atoms with van der Waals surface area (Å²) in [5, 5.41) is 3.32. The van der Waals surface area contributed by atoms with Crippen molar-refractivity contribution in [1.29, 1.82) is 0 Å². The van der Waals surface area contributed by atoms with Gasteiger partial charge in [0, 0.05) is 21.2 Å². The van der Waals surface area contributed by atoms with Gasteiger partial charge in [-0.1, -0.05) is 31.9 Å². The van der Waals surface area contributed by atoms with E-state index >= 15 is 0 Å². The Labute approximate surface area is 129 Å². The lowest BCUT2D eigenvalue weighted by Gasteiger charge is -2.11. The fourth-order valence-corrected chi connectivity index (χ4v) is 2.71. The van der Waals surface area contributed by atoms with Crippen molar-refractivity contribution in [3.05, 3.63) is 61.8 Å². The highest BCUT2D eigenvalue weighted by Crippen LogP contribution is 2.25. The third kappa shape index (κ3) is 3.80. The molecule has 0 heterocycles. The van der Waals surface area contributed by atoms with Crippen LogP contribution < -0.4 is 5.32 Å². The molecule has 0 fully saturated rings. The van der Waals surface area contributed by atoms with E-state index in [1.54, 1.807) is 0 Å². The SMILES string of the molecule is Cc1cc(NCc2cc(F)cc(Br)c2)cc(C)c1Br. The van der Waals surface area contributed by atoms with Gasteiger partial charge in [-0.3, -0.25) is 0 Å². The molecule has 100 valence electrons. The molecular formula is C15H14Br2FN. The van der Waals surface area contributed by atoms with Crippen LogP contribution in [-0.4, -0.2) is 0 Å². The molecule has 0 aromatic heterocycles.